The predicted octanol–water partition coefficient (Wildman–Crippen LogP) is 2.06. The molecule has 0 saturated carbocycles. The molecule has 0 unspecified atom stereocenters. The van der Waals surface area contributed by atoms with E-state index in [4.69, 9.17) is 4.42 Å². The summed E-state index contributed by atoms with van der Waals surface area (Å²) in [7, 11) is 0. The van der Waals surface area contributed by atoms with E-state index >= 15 is 0 Å². The van der Waals surface area contributed by atoms with Gasteiger partial charge in [-0.25, -0.2) is 4.98 Å². The topological polar surface area (TPSA) is 43.1 Å². The molecule has 2 aromatic carbocycles. The van der Waals surface area contributed by atoms with Crippen molar-refractivity contribution in [2.24, 2.45) is 0 Å². The maximum absolute atomic E-state index is 10.8. The van der Waals surface area contributed by atoms with Crippen molar-refractivity contribution in [3.8, 4) is 11.5 Å². The van der Waals surface area contributed by atoms with Gasteiger partial charge in [0, 0.05) is 21.6 Å². The average Bonchev–Trinajstić information content (AvgIpc) is 3.07. The first-order valence-corrected chi connectivity index (χ1v) is 7.72. The number of oxazole rings is 1. The zero-order valence-electron chi connectivity index (χ0n) is 13.8. The van der Waals surface area contributed by atoms with E-state index in [9.17, 15) is 4.79 Å². The van der Waals surface area contributed by atoms with Gasteiger partial charge >= 0.3 is 0 Å². The molecular formula is C22H17NO2. The number of aromatic nitrogens is 1. The van der Waals surface area contributed by atoms with Gasteiger partial charge in [-0.1, -0.05) is 62.8 Å². The number of aldehydes is 1. The van der Waals surface area contributed by atoms with Crippen LogP contribution in [0.25, 0.3) is 47.9 Å². The van der Waals surface area contributed by atoms with Crippen LogP contribution in [0.2, 0.25) is 0 Å². The zero-order chi connectivity index (χ0) is 18.0. The standard InChI is InChI=1S/C22H17NO2/c1-5-7-18-14(3)15(4)19(8-6-2)21-20(18)23-22(25-21)17-11-9-16(13-24)10-12-17/h5-13H,1-4H2/b18-7+,19-8+. The molecule has 25 heavy (non-hydrogen) atoms. The van der Waals surface area contributed by atoms with Gasteiger partial charge in [0.2, 0.25) is 5.89 Å². The molecule has 0 atom stereocenters. The third-order valence-electron chi connectivity index (χ3n) is 4.00. The van der Waals surface area contributed by atoms with Gasteiger partial charge < -0.3 is 4.42 Å². The molecule has 0 radical (unpaired) electrons. The highest BCUT2D eigenvalue weighted by atomic mass is 16.3. The summed E-state index contributed by atoms with van der Waals surface area (Å²) in [6, 6.07) is 7.06. The first-order valence-electron chi connectivity index (χ1n) is 7.72. The third kappa shape index (κ3) is 2.76. The molecule has 0 saturated heterocycles. The van der Waals surface area contributed by atoms with Crippen LogP contribution in [0.1, 0.15) is 10.4 Å². The minimum atomic E-state index is 0.467. The Morgan fingerprint density at radius 2 is 1.52 bits per heavy atom. The van der Waals surface area contributed by atoms with Gasteiger partial charge in [0.1, 0.15) is 11.8 Å². The van der Waals surface area contributed by atoms with Crippen LogP contribution in [-0.2, 0) is 0 Å². The molecule has 3 heteroatoms. The summed E-state index contributed by atoms with van der Waals surface area (Å²) >= 11 is 0. The molecule has 0 N–H and O–H groups in total. The lowest BCUT2D eigenvalue weighted by Gasteiger charge is -1.95. The molecule has 0 aliphatic rings. The molecule has 3 aromatic rings. The fourth-order valence-corrected chi connectivity index (χ4v) is 2.71. The largest absolute Gasteiger partial charge is 0.435 e. The summed E-state index contributed by atoms with van der Waals surface area (Å²) in [5.41, 5.74) is 2.70. The van der Waals surface area contributed by atoms with Crippen molar-refractivity contribution in [2.45, 2.75) is 0 Å². The molecule has 0 aliphatic heterocycles. The van der Waals surface area contributed by atoms with E-state index < -0.39 is 0 Å². The SMILES string of the molecule is C=C/C=c1\c(=C)c(=C)/c(=C\C=C)c2oc(-c3ccc(C=O)cc3)nc12. The molecule has 122 valence electrons. The van der Waals surface area contributed by atoms with E-state index in [-0.39, 0.29) is 0 Å². The van der Waals surface area contributed by atoms with E-state index in [0.29, 0.717) is 22.6 Å². The number of rotatable bonds is 4. The van der Waals surface area contributed by atoms with Crippen LogP contribution in [0.15, 0.2) is 54.0 Å². The molecule has 0 bridgehead atoms. The Hall–Kier alpha value is -3.46. The summed E-state index contributed by atoms with van der Waals surface area (Å²) in [6.45, 7) is 15.7. The van der Waals surface area contributed by atoms with Crippen molar-refractivity contribution in [3.63, 3.8) is 0 Å². The monoisotopic (exact) mass is 327 g/mol. The van der Waals surface area contributed by atoms with Crippen LogP contribution < -0.4 is 20.9 Å². The summed E-state index contributed by atoms with van der Waals surface area (Å²) in [6.07, 6.45) is 7.85. The first-order chi connectivity index (χ1) is 12.1. The smallest absolute Gasteiger partial charge is 0.227 e. The van der Waals surface area contributed by atoms with Crippen LogP contribution in [0, 0.1) is 0 Å². The van der Waals surface area contributed by atoms with E-state index in [1.165, 1.54) is 0 Å². The Morgan fingerprint density at radius 3 is 2.12 bits per heavy atom. The number of hydrogen-bond acceptors (Lipinski definition) is 3. The molecule has 0 spiro atoms. The van der Waals surface area contributed by atoms with Crippen LogP contribution in [0.3, 0.4) is 0 Å². The van der Waals surface area contributed by atoms with Crippen LogP contribution >= 0.6 is 0 Å². The van der Waals surface area contributed by atoms with Gasteiger partial charge in [0.15, 0.2) is 5.58 Å². The van der Waals surface area contributed by atoms with Crippen molar-refractivity contribution < 1.29 is 9.21 Å². The highest BCUT2D eigenvalue weighted by molar-refractivity contribution is 5.81. The van der Waals surface area contributed by atoms with Gasteiger partial charge in [-0.3, -0.25) is 4.79 Å². The molecule has 3 rings (SSSR count). The number of nitrogens with zero attached hydrogens (tertiary/aromatic N) is 1. The minimum Gasteiger partial charge on any atom is -0.435 e. The van der Waals surface area contributed by atoms with Crippen molar-refractivity contribution in [1.29, 1.82) is 0 Å². The lowest BCUT2D eigenvalue weighted by molar-refractivity contribution is 0.112. The average molecular weight is 327 g/mol. The lowest BCUT2D eigenvalue weighted by atomic mass is 10.1. The Bertz CT molecular complexity index is 1140. The zero-order valence-corrected chi connectivity index (χ0v) is 13.8. The molecule has 1 aromatic heterocycles. The van der Waals surface area contributed by atoms with Crippen molar-refractivity contribution in [1.82, 2.24) is 4.98 Å². The summed E-state index contributed by atoms with van der Waals surface area (Å²) in [4.78, 5) is 15.5. The maximum Gasteiger partial charge on any atom is 0.227 e. The number of allylic oxidation sites excluding steroid dienone is 2. The predicted molar refractivity (Wildman–Crippen MR) is 104 cm³/mol. The van der Waals surface area contributed by atoms with Gasteiger partial charge in [-0.15, -0.1) is 0 Å². The van der Waals surface area contributed by atoms with Crippen molar-refractivity contribution in [2.75, 3.05) is 0 Å². The van der Waals surface area contributed by atoms with E-state index in [1.54, 1.807) is 36.4 Å². The van der Waals surface area contributed by atoms with Gasteiger partial charge in [0.05, 0.1) is 0 Å². The van der Waals surface area contributed by atoms with E-state index in [0.717, 1.165) is 32.7 Å². The van der Waals surface area contributed by atoms with Crippen LogP contribution in [0.5, 0.6) is 0 Å². The quantitative estimate of drug-likeness (QED) is 0.689. The second kappa shape index (κ2) is 6.57. The second-order valence-corrected chi connectivity index (χ2v) is 5.53. The van der Waals surface area contributed by atoms with Crippen molar-refractivity contribution in [3.05, 3.63) is 76.0 Å². The Labute approximate surface area is 144 Å². The van der Waals surface area contributed by atoms with Gasteiger partial charge in [-0.05, 0) is 22.6 Å². The van der Waals surface area contributed by atoms with E-state index in [1.807, 2.05) is 12.2 Å². The molecule has 0 aliphatic carbocycles. The van der Waals surface area contributed by atoms with Gasteiger partial charge in [0.25, 0.3) is 0 Å². The molecule has 3 nitrogen and oxygen atoms in total. The first kappa shape index (κ1) is 16.4. The van der Waals surface area contributed by atoms with Crippen LogP contribution in [0.4, 0.5) is 0 Å². The van der Waals surface area contributed by atoms with Crippen molar-refractivity contribution >= 4 is 42.7 Å². The fourth-order valence-electron chi connectivity index (χ4n) is 2.71. The summed E-state index contributed by atoms with van der Waals surface area (Å²) < 4.78 is 6.03. The number of carbonyl (C=O) groups is 1. The Kier molecular flexibility index (Phi) is 4.31. The Balaban J connectivity index is 2.45. The number of fused-ring (bicyclic) bond motifs is 1. The minimum absolute atomic E-state index is 0.467. The molecule has 0 fully saturated rings. The fraction of sp³-hybridized carbons (Fsp3) is 0. The number of hydrogen-bond donors (Lipinski definition) is 0. The Morgan fingerprint density at radius 1 is 0.920 bits per heavy atom. The maximum atomic E-state index is 10.8. The third-order valence-corrected chi connectivity index (χ3v) is 4.00. The second-order valence-electron chi connectivity index (χ2n) is 5.53. The normalized spacial score (nSPS) is 12.5. The summed E-state index contributed by atoms with van der Waals surface area (Å²) in [5, 5.41) is 3.17. The lowest BCUT2D eigenvalue weighted by Crippen LogP contribution is -2.46. The summed E-state index contributed by atoms with van der Waals surface area (Å²) in [5.74, 6) is 0.467. The van der Waals surface area contributed by atoms with Gasteiger partial charge in [-0.2, -0.15) is 0 Å². The molecular weight excluding hydrogens is 310 g/mol. The highest BCUT2D eigenvalue weighted by Crippen LogP contribution is 2.20. The highest BCUT2D eigenvalue weighted by Gasteiger charge is 2.12. The molecule has 0 amide bonds. The molecule has 1 heterocycles. The van der Waals surface area contributed by atoms with Crippen LogP contribution in [-0.4, -0.2) is 11.3 Å². The number of benzene rings is 2. The number of carbonyl (C=O) groups excluding carboxylic acids is 1. The van der Waals surface area contributed by atoms with E-state index in [2.05, 4.69) is 31.3 Å².